The van der Waals surface area contributed by atoms with Gasteiger partial charge in [-0.1, -0.05) is 6.08 Å². The average molecular weight is 412 g/mol. The molecule has 0 saturated carbocycles. The highest BCUT2D eigenvalue weighted by molar-refractivity contribution is 5.81. The van der Waals surface area contributed by atoms with Gasteiger partial charge in [0.15, 0.2) is 0 Å². The van der Waals surface area contributed by atoms with Gasteiger partial charge in [0.1, 0.15) is 11.9 Å². The van der Waals surface area contributed by atoms with Gasteiger partial charge in [0, 0.05) is 50.8 Å². The number of allylic oxidation sites excluding steroid dienone is 1. The van der Waals surface area contributed by atoms with E-state index in [4.69, 9.17) is 5.26 Å². The van der Waals surface area contributed by atoms with Crippen LogP contribution in [0.2, 0.25) is 0 Å². The molecule has 7 heteroatoms. The Morgan fingerprint density at radius 1 is 1.16 bits per heavy atom. The Morgan fingerprint density at radius 3 is 2.81 bits per heavy atom. The third-order valence-corrected chi connectivity index (χ3v) is 6.25. The van der Waals surface area contributed by atoms with Gasteiger partial charge < -0.3 is 9.88 Å². The molecule has 156 valence electrons. The molecular weight excluding hydrogens is 388 g/mol. The fraction of sp³-hybridized carbons (Fsp3) is 0.333. The minimum Gasteiger partial charge on any atom is -0.354 e. The number of nitriles is 1. The van der Waals surface area contributed by atoms with Gasteiger partial charge in [-0.2, -0.15) is 5.26 Å². The second-order valence-electron chi connectivity index (χ2n) is 8.24. The fourth-order valence-corrected chi connectivity index (χ4v) is 4.55. The van der Waals surface area contributed by atoms with Gasteiger partial charge in [-0.25, -0.2) is 4.98 Å². The summed E-state index contributed by atoms with van der Waals surface area (Å²) < 4.78 is 0. The van der Waals surface area contributed by atoms with Crippen LogP contribution in [0, 0.1) is 17.2 Å². The Hall–Kier alpha value is -3.50. The van der Waals surface area contributed by atoms with Gasteiger partial charge in [-0.05, 0) is 54.7 Å². The van der Waals surface area contributed by atoms with Crippen molar-refractivity contribution in [3.8, 4) is 6.07 Å². The van der Waals surface area contributed by atoms with E-state index in [2.05, 4.69) is 36.9 Å². The average Bonchev–Trinajstić information content (AvgIpc) is 3.28. The number of aromatic nitrogens is 3. The molecule has 3 aromatic heterocycles. The van der Waals surface area contributed by atoms with Gasteiger partial charge in [0.05, 0.1) is 16.5 Å². The first-order valence-electron chi connectivity index (χ1n) is 10.7. The van der Waals surface area contributed by atoms with Crippen molar-refractivity contribution in [2.24, 2.45) is 5.92 Å². The van der Waals surface area contributed by atoms with E-state index in [1.165, 1.54) is 5.57 Å². The molecule has 5 rings (SSSR count). The molecule has 0 aromatic carbocycles. The number of fused-ring (bicyclic) bond motifs is 1. The van der Waals surface area contributed by atoms with Crippen LogP contribution in [0.3, 0.4) is 0 Å². The van der Waals surface area contributed by atoms with Crippen LogP contribution in [0.1, 0.15) is 24.1 Å². The summed E-state index contributed by atoms with van der Waals surface area (Å²) in [5.74, 6) is 1.44. The fourth-order valence-electron chi connectivity index (χ4n) is 4.55. The van der Waals surface area contributed by atoms with Crippen molar-refractivity contribution in [1.82, 2.24) is 19.9 Å². The molecule has 31 heavy (non-hydrogen) atoms. The zero-order chi connectivity index (χ0) is 21.2. The number of pyridine rings is 3. The Kier molecular flexibility index (Phi) is 5.23. The first kappa shape index (κ1) is 19.5. The van der Waals surface area contributed by atoms with Crippen LogP contribution in [0.4, 0.5) is 5.82 Å². The molecule has 0 amide bonds. The number of piperazine rings is 1. The molecule has 1 fully saturated rings. The van der Waals surface area contributed by atoms with E-state index in [-0.39, 0.29) is 5.56 Å². The van der Waals surface area contributed by atoms with Crippen LogP contribution in [-0.4, -0.2) is 52.6 Å². The summed E-state index contributed by atoms with van der Waals surface area (Å²) in [6, 6.07) is 11.5. The molecule has 1 aliphatic heterocycles. The molecule has 1 N–H and O–H groups in total. The first-order valence-corrected chi connectivity index (χ1v) is 10.7. The number of nitrogens with one attached hydrogen (secondary N) is 1. The maximum atomic E-state index is 12.4. The monoisotopic (exact) mass is 412 g/mol. The molecule has 3 aromatic rings. The maximum Gasteiger partial charge on any atom is 0.257 e. The molecule has 1 aliphatic carbocycles. The van der Waals surface area contributed by atoms with Gasteiger partial charge >= 0.3 is 0 Å². The van der Waals surface area contributed by atoms with Crippen LogP contribution < -0.4 is 10.5 Å². The number of anilines is 1. The van der Waals surface area contributed by atoms with Crippen molar-refractivity contribution in [2.45, 2.75) is 12.8 Å². The quantitative estimate of drug-likeness (QED) is 0.709. The summed E-state index contributed by atoms with van der Waals surface area (Å²) >= 11 is 0. The normalized spacial score (nSPS) is 19.4. The van der Waals surface area contributed by atoms with Crippen LogP contribution >= 0.6 is 0 Å². The summed E-state index contributed by atoms with van der Waals surface area (Å²) in [4.78, 5) is 29.0. The predicted molar refractivity (Wildman–Crippen MR) is 121 cm³/mol. The van der Waals surface area contributed by atoms with E-state index in [0.29, 0.717) is 16.9 Å². The van der Waals surface area contributed by atoms with E-state index in [1.54, 1.807) is 18.5 Å². The minimum absolute atomic E-state index is 0.0718. The molecule has 7 nitrogen and oxygen atoms in total. The van der Waals surface area contributed by atoms with Gasteiger partial charge in [0.2, 0.25) is 0 Å². The molecule has 0 spiro atoms. The molecule has 1 atom stereocenters. The Bertz CT molecular complexity index is 1220. The van der Waals surface area contributed by atoms with Crippen molar-refractivity contribution < 1.29 is 0 Å². The lowest BCUT2D eigenvalue weighted by Gasteiger charge is -2.36. The van der Waals surface area contributed by atoms with Gasteiger partial charge in [-0.15, -0.1) is 0 Å². The third-order valence-electron chi connectivity index (χ3n) is 6.25. The van der Waals surface area contributed by atoms with Crippen molar-refractivity contribution >= 4 is 22.3 Å². The SMILES string of the molecule is N#Cc1ccc(N2CCN(C[C@H]3C=C(c4cc5ncccc5c(=O)[nH]4)CC3)CC2)nc1. The third kappa shape index (κ3) is 4.07. The highest BCUT2D eigenvalue weighted by Crippen LogP contribution is 2.31. The molecule has 0 radical (unpaired) electrons. The van der Waals surface area contributed by atoms with Crippen LogP contribution in [0.5, 0.6) is 0 Å². The molecular formula is C24H24N6O. The Morgan fingerprint density at radius 2 is 2.03 bits per heavy atom. The lowest BCUT2D eigenvalue weighted by Crippen LogP contribution is -2.47. The molecule has 0 bridgehead atoms. The minimum atomic E-state index is -0.0718. The number of H-pyrrole nitrogens is 1. The molecule has 1 saturated heterocycles. The van der Waals surface area contributed by atoms with E-state index in [1.807, 2.05) is 24.3 Å². The summed E-state index contributed by atoms with van der Waals surface area (Å²) in [6.45, 7) is 4.90. The van der Waals surface area contributed by atoms with Gasteiger partial charge in [0.25, 0.3) is 5.56 Å². The topological polar surface area (TPSA) is 88.9 Å². The smallest absolute Gasteiger partial charge is 0.257 e. The Labute approximate surface area is 180 Å². The first-order chi connectivity index (χ1) is 15.2. The van der Waals surface area contributed by atoms with E-state index < -0.39 is 0 Å². The number of nitrogens with zero attached hydrogens (tertiary/aromatic N) is 5. The summed E-state index contributed by atoms with van der Waals surface area (Å²) in [6.07, 6.45) is 7.78. The zero-order valence-electron chi connectivity index (χ0n) is 17.3. The zero-order valence-corrected chi connectivity index (χ0v) is 17.3. The van der Waals surface area contributed by atoms with Crippen molar-refractivity contribution in [2.75, 3.05) is 37.6 Å². The number of aromatic amines is 1. The van der Waals surface area contributed by atoms with Crippen LogP contribution in [0.25, 0.3) is 16.5 Å². The summed E-state index contributed by atoms with van der Waals surface area (Å²) in [5, 5.41) is 9.56. The molecule has 4 heterocycles. The number of hydrogen-bond donors (Lipinski definition) is 1. The van der Waals surface area contributed by atoms with Crippen molar-refractivity contribution in [3.63, 3.8) is 0 Å². The van der Waals surface area contributed by atoms with Crippen LogP contribution in [-0.2, 0) is 0 Å². The highest BCUT2D eigenvalue weighted by Gasteiger charge is 2.24. The second-order valence-corrected chi connectivity index (χ2v) is 8.24. The Balaban J connectivity index is 1.21. The van der Waals surface area contributed by atoms with Crippen molar-refractivity contribution in [3.05, 3.63) is 70.4 Å². The number of rotatable bonds is 4. The van der Waals surface area contributed by atoms with Crippen LogP contribution in [0.15, 0.2) is 53.6 Å². The molecule has 0 unspecified atom stereocenters. The van der Waals surface area contributed by atoms with E-state index >= 15 is 0 Å². The van der Waals surface area contributed by atoms with Crippen molar-refractivity contribution in [1.29, 1.82) is 5.26 Å². The standard InChI is InChI=1S/C24H24N6O/c25-14-18-4-6-23(27-15-18)30-10-8-29(9-11-30)16-17-3-5-19(12-17)21-13-22-20(24(31)28-21)2-1-7-26-22/h1-2,4,6-7,12-13,15,17H,3,5,8-11,16H2,(H,28,31)/t17-/m1/s1. The highest BCUT2D eigenvalue weighted by atomic mass is 16.1. The molecule has 2 aliphatic rings. The lowest BCUT2D eigenvalue weighted by atomic mass is 10.1. The van der Waals surface area contributed by atoms with Gasteiger partial charge in [-0.3, -0.25) is 14.7 Å². The largest absolute Gasteiger partial charge is 0.354 e. The second kappa shape index (κ2) is 8.32. The van der Waals surface area contributed by atoms with E-state index in [0.717, 1.165) is 62.6 Å². The summed E-state index contributed by atoms with van der Waals surface area (Å²) in [5.41, 5.74) is 3.39. The number of hydrogen-bond acceptors (Lipinski definition) is 6. The summed E-state index contributed by atoms with van der Waals surface area (Å²) in [7, 11) is 0. The van der Waals surface area contributed by atoms with E-state index in [9.17, 15) is 4.79 Å². The predicted octanol–water partition coefficient (Wildman–Crippen LogP) is 2.81. The lowest BCUT2D eigenvalue weighted by molar-refractivity contribution is 0.233. The maximum absolute atomic E-state index is 12.4.